The molecule has 1 amide bonds. The van der Waals surface area contributed by atoms with Gasteiger partial charge in [-0.25, -0.2) is 9.37 Å². The third-order valence-corrected chi connectivity index (χ3v) is 5.57. The number of amides is 1. The molecule has 0 atom stereocenters. The van der Waals surface area contributed by atoms with E-state index in [0.29, 0.717) is 22.6 Å². The topological polar surface area (TPSA) is 64.2 Å². The maximum atomic E-state index is 14.0. The molecule has 1 aliphatic carbocycles. The molecule has 5 rings (SSSR count). The molecular formula is C17H18BrFN4O. The second kappa shape index (κ2) is 5.39. The highest BCUT2D eigenvalue weighted by molar-refractivity contribution is 9.10. The maximum absolute atomic E-state index is 14.0. The van der Waals surface area contributed by atoms with Crippen LogP contribution in [0.1, 0.15) is 46.5 Å². The molecule has 1 aromatic carbocycles. The van der Waals surface area contributed by atoms with E-state index in [1.165, 1.54) is 0 Å². The third-order valence-electron chi connectivity index (χ3n) is 4.96. The number of carbonyl (C=O) groups is 1. The molecule has 0 radical (unpaired) electrons. The summed E-state index contributed by atoms with van der Waals surface area (Å²) in [5.41, 5.74) is 8.60. The molecule has 1 aromatic heterocycles. The first-order valence-electron chi connectivity index (χ1n) is 7.91. The van der Waals surface area contributed by atoms with Crippen molar-refractivity contribution in [1.29, 1.82) is 0 Å². The van der Waals surface area contributed by atoms with Crippen LogP contribution in [0, 0.1) is 5.82 Å². The molecule has 1 saturated carbocycles. The van der Waals surface area contributed by atoms with Gasteiger partial charge in [-0.1, -0.05) is 0 Å². The summed E-state index contributed by atoms with van der Waals surface area (Å²) in [4.78, 5) is 18.5. The Hall–Kier alpha value is -1.73. The summed E-state index contributed by atoms with van der Waals surface area (Å²) >= 11 is 3.27. The molecular weight excluding hydrogens is 375 g/mol. The van der Waals surface area contributed by atoms with Crippen LogP contribution in [-0.4, -0.2) is 34.5 Å². The highest BCUT2D eigenvalue weighted by atomic mass is 79.9. The summed E-state index contributed by atoms with van der Waals surface area (Å²) in [6.45, 7) is 0.587. The summed E-state index contributed by atoms with van der Waals surface area (Å²) in [5.74, 6) is 0.284. The number of primary amides is 1. The Bertz CT molecular complexity index is 855. The zero-order chi connectivity index (χ0) is 17.2. The van der Waals surface area contributed by atoms with Gasteiger partial charge in [0.1, 0.15) is 11.6 Å². The number of aromatic nitrogens is 2. The molecule has 3 heterocycles. The number of nitrogens with zero attached hydrogens (tertiary/aromatic N) is 3. The first kappa shape index (κ1) is 15.8. The predicted molar refractivity (Wildman–Crippen MR) is 92.2 cm³/mol. The second-order valence-electron chi connectivity index (χ2n) is 6.88. The summed E-state index contributed by atoms with van der Waals surface area (Å²) < 4.78 is 16.6. The van der Waals surface area contributed by atoms with Crippen LogP contribution in [0.3, 0.4) is 0 Å². The molecule has 126 valence electrons. The van der Waals surface area contributed by atoms with Crippen molar-refractivity contribution in [2.75, 3.05) is 14.1 Å². The van der Waals surface area contributed by atoms with Gasteiger partial charge in [-0.05, 0) is 66.5 Å². The molecule has 1 fully saturated rings. The lowest BCUT2D eigenvalue weighted by molar-refractivity contribution is 0.0994. The van der Waals surface area contributed by atoms with Gasteiger partial charge in [0.05, 0.1) is 10.2 Å². The third kappa shape index (κ3) is 2.22. The lowest BCUT2D eigenvalue weighted by Gasteiger charge is -2.35. The van der Waals surface area contributed by atoms with E-state index >= 15 is 0 Å². The lowest BCUT2D eigenvalue weighted by atomic mass is 9.75. The van der Waals surface area contributed by atoms with E-state index in [0.717, 1.165) is 35.5 Å². The monoisotopic (exact) mass is 392 g/mol. The molecule has 2 N–H and O–H groups in total. The average molecular weight is 393 g/mol. The first-order chi connectivity index (χ1) is 11.4. The Morgan fingerprint density at radius 2 is 2.17 bits per heavy atom. The van der Waals surface area contributed by atoms with Crippen LogP contribution < -0.4 is 5.73 Å². The molecule has 3 aliphatic rings. The molecule has 7 heteroatoms. The summed E-state index contributed by atoms with van der Waals surface area (Å²) in [7, 11) is 3.90. The van der Waals surface area contributed by atoms with Crippen molar-refractivity contribution in [2.24, 2.45) is 5.73 Å². The maximum Gasteiger partial charge on any atom is 0.269 e. The minimum absolute atomic E-state index is 0.263. The largest absolute Gasteiger partial charge is 0.364 e. The van der Waals surface area contributed by atoms with Crippen LogP contribution in [0.25, 0.3) is 11.4 Å². The first-order valence-corrected chi connectivity index (χ1v) is 8.71. The van der Waals surface area contributed by atoms with Gasteiger partial charge in [-0.3, -0.25) is 4.79 Å². The van der Waals surface area contributed by atoms with Crippen molar-refractivity contribution in [3.05, 3.63) is 39.4 Å². The number of hydrogen-bond donors (Lipinski definition) is 1. The molecule has 0 spiro atoms. The van der Waals surface area contributed by atoms with E-state index < -0.39 is 5.91 Å². The summed E-state index contributed by atoms with van der Waals surface area (Å²) in [5, 5.41) is 0. The van der Waals surface area contributed by atoms with Crippen molar-refractivity contribution in [3.8, 4) is 11.4 Å². The molecule has 0 saturated heterocycles. The number of hydrogen-bond acceptors (Lipinski definition) is 3. The second-order valence-corrected chi connectivity index (χ2v) is 7.73. The fourth-order valence-electron chi connectivity index (χ4n) is 3.84. The molecule has 2 aliphatic heterocycles. The Labute approximate surface area is 147 Å². The lowest BCUT2D eigenvalue weighted by Crippen LogP contribution is -2.27. The van der Waals surface area contributed by atoms with E-state index in [1.54, 1.807) is 12.1 Å². The van der Waals surface area contributed by atoms with E-state index in [-0.39, 0.29) is 11.9 Å². The van der Waals surface area contributed by atoms with Gasteiger partial charge in [0.15, 0.2) is 5.69 Å². The fraction of sp³-hybridized carbons (Fsp3) is 0.412. The number of nitrogens with two attached hydrogens (primary N) is 1. The van der Waals surface area contributed by atoms with Crippen LogP contribution in [0.5, 0.6) is 0 Å². The zero-order valence-electron chi connectivity index (χ0n) is 13.5. The van der Waals surface area contributed by atoms with Gasteiger partial charge >= 0.3 is 0 Å². The Morgan fingerprint density at radius 3 is 2.79 bits per heavy atom. The predicted octanol–water partition coefficient (Wildman–Crippen LogP) is 3.04. The fourth-order valence-corrected chi connectivity index (χ4v) is 4.19. The molecule has 2 aromatic rings. The van der Waals surface area contributed by atoms with E-state index in [9.17, 15) is 9.18 Å². The standard InChI is InChI=1S/C17H18BrFN4O/c1-22(2)7-14-15(16(20)24)21-17-11-5-12(18)13(19)6-10(11)8-3-9(4-8)23(14)17/h5-6,8-9H,3-4,7H2,1-2H3,(H2,20,24). The van der Waals surface area contributed by atoms with Crippen LogP contribution in [0.2, 0.25) is 0 Å². The van der Waals surface area contributed by atoms with Gasteiger partial charge in [-0.2, -0.15) is 0 Å². The molecule has 0 unspecified atom stereocenters. The van der Waals surface area contributed by atoms with Crippen molar-refractivity contribution < 1.29 is 9.18 Å². The van der Waals surface area contributed by atoms with E-state index in [1.807, 2.05) is 19.0 Å². The smallest absolute Gasteiger partial charge is 0.269 e. The SMILES string of the molecule is CN(C)Cc1c(C(N)=O)nc2n1C1CC(C1)c1cc(F)c(Br)cc1-2. The number of benzene rings is 1. The van der Waals surface area contributed by atoms with Crippen LogP contribution in [-0.2, 0) is 6.54 Å². The van der Waals surface area contributed by atoms with E-state index in [4.69, 9.17) is 5.73 Å². The van der Waals surface area contributed by atoms with Crippen molar-refractivity contribution in [3.63, 3.8) is 0 Å². The number of halogens is 2. The van der Waals surface area contributed by atoms with Crippen molar-refractivity contribution >= 4 is 21.8 Å². The quantitative estimate of drug-likeness (QED) is 0.872. The normalized spacial score (nSPS) is 21.0. The van der Waals surface area contributed by atoms with Gasteiger partial charge in [0, 0.05) is 18.2 Å². The minimum atomic E-state index is -0.522. The molecule has 2 bridgehead atoms. The van der Waals surface area contributed by atoms with Crippen LogP contribution >= 0.6 is 15.9 Å². The van der Waals surface area contributed by atoms with E-state index in [2.05, 4.69) is 25.5 Å². The number of imidazole rings is 1. The van der Waals surface area contributed by atoms with Gasteiger partial charge in [0.2, 0.25) is 0 Å². The summed E-state index contributed by atoms with van der Waals surface area (Å²) in [6, 6.07) is 3.66. The minimum Gasteiger partial charge on any atom is -0.364 e. The Balaban J connectivity index is 2.00. The van der Waals surface area contributed by atoms with Crippen molar-refractivity contribution in [1.82, 2.24) is 14.5 Å². The number of carbonyl (C=O) groups excluding carboxylic acids is 1. The van der Waals surface area contributed by atoms with Gasteiger partial charge < -0.3 is 15.2 Å². The van der Waals surface area contributed by atoms with Crippen LogP contribution in [0.15, 0.2) is 16.6 Å². The summed E-state index contributed by atoms with van der Waals surface area (Å²) in [6.07, 6.45) is 1.88. The molecule has 5 nitrogen and oxygen atoms in total. The highest BCUT2D eigenvalue weighted by Gasteiger charge is 2.41. The Morgan fingerprint density at radius 1 is 1.46 bits per heavy atom. The van der Waals surface area contributed by atoms with Crippen molar-refractivity contribution in [2.45, 2.75) is 31.3 Å². The molecule has 24 heavy (non-hydrogen) atoms. The average Bonchev–Trinajstić information content (AvgIpc) is 2.68. The van der Waals surface area contributed by atoms with Gasteiger partial charge in [0.25, 0.3) is 5.91 Å². The van der Waals surface area contributed by atoms with Crippen LogP contribution in [0.4, 0.5) is 4.39 Å². The highest BCUT2D eigenvalue weighted by Crippen LogP contribution is 2.53. The Kier molecular flexibility index (Phi) is 3.54. The number of rotatable bonds is 3. The zero-order valence-corrected chi connectivity index (χ0v) is 15.1. The van der Waals surface area contributed by atoms with Gasteiger partial charge in [-0.15, -0.1) is 0 Å².